The molecule has 0 bridgehead atoms. The summed E-state index contributed by atoms with van der Waals surface area (Å²) in [4.78, 5) is 27.2. The molecule has 2 N–H and O–H groups in total. The number of halogens is 1. The number of amides is 2. The molecule has 0 radical (unpaired) electrons. The molecule has 1 aliphatic carbocycles. The third kappa shape index (κ3) is 5.68. The lowest BCUT2D eigenvalue weighted by Crippen LogP contribution is -2.61. The van der Waals surface area contributed by atoms with E-state index in [1.165, 1.54) is 0 Å². The Morgan fingerprint density at radius 3 is 2.83 bits per heavy atom. The smallest absolute Gasteiger partial charge is 0.234 e. The van der Waals surface area contributed by atoms with Gasteiger partial charge in [0.15, 0.2) is 5.11 Å². The van der Waals surface area contributed by atoms with Crippen LogP contribution in [0.5, 0.6) is 0 Å². The van der Waals surface area contributed by atoms with Crippen LogP contribution in [0.15, 0.2) is 24.3 Å². The van der Waals surface area contributed by atoms with Crippen molar-refractivity contribution in [2.24, 2.45) is 11.8 Å². The largest absolute Gasteiger partial charge is 0.382 e. The van der Waals surface area contributed by atoms with Crippen molar-refractivity contribution in [2.75, 3.05) is 19.8 Å². The second kappa shape index (κ2) is 10.4. The summed E-state index contributed by atoms with van der Waals surface area (Å²) in [6.07, 6.45) is 2.84. The van der Waals surface area contributed by atoms with Crippen molar-refractivity contribution >= 4 is 40.7 Å². The molecular formula is C21H28ClN3O3S. The third-order valence-corrected chi connectivity index (χ3v) is 6.17. The van der Waals surface area contributed by atoms with E-state index in [4.69, 9.17) is 28.6 Å². The number of hydrogen-bond acceptors (Lipinski definition) is 4. The Labute approximate surface area is 182 Å². The summed E-state index contributed by atoms with van der Waals surface area (Å²) in [6, 6.07) is 7.34. The Balaban J connectivity index is 1.53. The predicted molar refractivity (Wildman–Crippen MR) is 116 cm³/mol. The van der Waals surface area contributed by atoms with Gasteiger partial charge in [-0.05, 0) is 62.5 Å². The molecule has 1 heterocycles. The Kier molecular flexibility index (Phi) is 7.86. The van der Waals surface area contributed by atoms with Crippen LogP contribution in [0.2, 0.25) is 5.02 Å². The van der Waals surface area contributed by atoms with E-state index in [2.05, 4.69) is 10.6 Å². The molecule has 3 atom stereocenters. The minimum Gasteiger partial charge on any atom is -0.382 e. The number of ether oxygens (including phenoxy) is 1. The number of fused-ring (bicyclic) bond motifs is 1. The maximum Gasteiger partial charge on any atom is 0.234 e. The summed E-state index contributed by atoms with van der Waals surface area (Å²) in [5.74, 6) is -0.127. The number of rotatable bonds is 8. The highest BCUT2D eigenvalue weighted by atomic mass is 35.5. The fourth-order valence-corrected chi connectivity index (χ4v) is 4.43. The average Bonchev–Trinajstić information content (AvgIpc) is 2.71. The molecule has 0 spiro atoms. The summed E-state index contributed by atoms with van der Waals surface area (Å²) in [6.45, 7) is 4.34. The van der Waals surface area contributed by atoms with E-state index in [9.17, 15) is 9.59 Å². The Bertz CT molecular complexity index is 743. The second-order valence-corrected chi connectivity index (χ2v) is 8.39. The molecule has 3 rings (SSSR count). The standard InChI is InChI=1S/C21H28ClN3O3S/c1-2-28-11-3-10-23-19(26)15-6-9-17-18(12-15)24-21(29)25(20(17)27)13-14-4-7-16(22)8-5-14/h4-5,7-8,15,17-18H,2-3,6,9-13H2,1H3,(H,23,26)(H,24,29). The first kappa shape index (κ1) is 22.0. The van der Waals surface area contributed by atoms with E-state index in [1.54, 1.807) is 4.90 Å². The molecule has 6 nitrogen and oxygen atoms in total. The van der Waals surface area contributed by atoms with Crippen molar-refractivity contribution in [3.8, 4) is 0 Å². The van der Waals surface area contributed by atoms with Gasteiger partial charge in [0.25, 0.3) is 0 Å². The van der Waals surface area contributed by atoms with E-state index < -0.39 is 0 Å². The summed E-state index contributed by atoms with van der Waals surface area (Å²) < 4.78 is 5.29. The van der Waals surface area contributed by atoms with Gasteiger partial charge in [0.05, 0.1) is 12.5 Å². The van der Waals surface area contributed by atoms with Gasteiger partial charge in [0.1, 0.15) is 0 Å². The summed E-state index contributed by atoms with van der Waals surface area (Å²) in [5.41, 5.74) is 0.977. The normalized spacial score (nSPS) is 24.1. The molecule has 1 aromatic carbocycles. The fourth-order valence-electron chi connectivity index (χ4n) is 4.00. The third-order valence-electron chi connectivity index (χ3n) is 5.58. The molecule has 1 aromatic rings. The molecule has 1 aliphatic heterocycles. The van der Waals surface area contributed by atoms with E-state index in [1.807, 2.05) is 31.2 Å². The minimum absolute atomic E-state index is 0.0456. The lowest BCUT2D eigenvalue weighted by Gasteiger charge is -2.43. The molecular weight excluding hydrogens is 410 g/mol. The van der Waals surface area contributed by atoms with Gasteiger partial charge in [0.2, 0.25) is 11.8 Å². The molecule has 2 amide bonds. The maximum atomic E-state index is 13.0. The summed E-state index contributed by atoms with van der Waals surface area (Å²) in [5, 5.41) is 7.39. The number of thiocarbonyl (C=S) groups is 1. The molecule has 158 valence electrons. The molecule has 29 heavy (non-hydrogen) atoms. The van der Waals surface area contributed by atoms with Crippen molar-refractivity contribution in [2.45, 2.75) is 45.2 Å². The van der Waals surface area contributed by atoms with Crippen molar-refractivity contribution in [1.82, 2.24) is 15.5 Å². The van der Waals surface area contributed by atoms with Crippen LogP contribution in [0.3, 0.4) is 0 Å². The van der Waals surface area contributed by atoms with Crippen LogP contribution < -0.4 is 10.6 Å². The van der Waals surface area contributed by atoms with Crippen molar-refractivity contribution in [3.05, 3.63) is 34.9 Å². The highest BCUT2D eigenvalue weighted by molar-refractivity contribution is 7.80. The van der Waals surface area contributed by atoms with E-state index in [0.717, 1.165) is 12.0 Å². The van der Waals surface area contributed by atoms with Gasteiger partial charge >= 0.3 is 0 Å². The van der Waals surface area contributed by atoms with E-state index in [0.29, 0.717) is 55.7 Å². The first-order valence-electron chi connectivity index (χ1n) is 10.2. The van der Waals surface area contributed by atoms with Crippen LogP contribution >= 0.6 is 23.8 Å². The molecule has 8 heteroatoms. The van der Waals surface area contributed by atoms with Crippen molar-refractivity contribution in [1.29, 1.82) is 0 Å². The van der Waals surface area contributed by atoms with Crippen LogP contribution in [0.25, 0.3) is 0 Å². The molecule has 0 aromatic heterocycles. The summed E-state index contributed by atoms with van der Waals surface area (Å²) in [7, 11) is 0. The first-order chi connectivity index (χ1) is 14.0. The number of nitrogens with zero attached hydrogens (tertiary/aromatic N) is 1. The first-order valence-corrected chi connectivity index (χ1v) is 11.0. The Morgan fingerprint density at radius 2 is 2.10 bits per heavy atom. The number of nitrogens with one attached hydrogen (secondary N) is 2. The zero-order valence-electron chi connectivity index (χ0n) is 16.7. The Hall–Kier alpha value is -1.70. The van der Waals surface area contributed by atoms with Gasteiger partial charge in [-0.25, -0.2) is 0 Å². The van der Waals surface area contributed by atoms with Crippen molar-refractivity contribution < 1.29 is 14.3 Å². The van der Waals surface area contributed by atoms with Gasteiger partial charge in [-0.1, -0.05) is 23.7 Å². The zero-order chi connectivity index (χ0) is 20.8. The van der Waals surface area contributed by atoms with Crippen LogP contribution in [-0.2, 0) is 20.9 Å². The van der Waals surface area contributed by atoms with Crippen LogP contribution in [0.4, 0.5) is 0 Å². The number of carbonyl (C=O) groups excluding carboxylic acids is 2. The number of hydrogen-bond donors (Lipinski definition) is 2. The number of carbonyl (C=O) groups is 2. The van der Waals surface area contributed by atoms with Gasteiger partial charge in [0, 0.05) is 36.7 Å². The molecule has 2 fully saturated rings. The molecule has 2 aliphatic rings. The molecule has 3 unspecified atom stereocenters. The Morgan fingerprint density at radius 1 is 1.34 bits per heavy atom. The predicted octanol–water partition coefficient (Wildman–Crippen LogP) is 2.88. The van der Waals surface area contributed by atoms with Crippen LogP contribution in [0.1, 0.15) is 38.2 Å². The summed E-state index contributed by atoms with van der Waals surface area (Å²) >= 11 is 11.4. The monoisotopic (exact) mass is 437 g/mol. The lowest BCUT2D eigenvalue weighted by atomic mass is 9.76. The quantitative estimate of drug-likeness (QED) is 0.483. The van der Waals surface area contributed by atoms with E-state index >= 15 is 0 Å². The fraction of sp³-hybridized carbons (Fsp3) is 0.571. The maximum absolute atomic E-state index is 13.0. The highest BCUT2D eigenvalue weighted by Crippen LogP contribution is 2.33. The second-order valence-electron chi connectivity index (χ2n) is 7.56. The van der Waals surface area contributed by atoms with Crippen LogP contribution in [0, 0.1) is 11.8 Å². The molecule has 1 saturated heterocycles. The molecule has 1 saturated carbocycles. The average molecular weight is 438 g/mol. The van der Waals surface area contributed by atoms with Gasteiger partial charge in [-0.2, -0.15) is 0 Å². The minimum atomic E-state index is -0.143. The van der Waals surface area contributed by atoms with Gasteiger partial charge in [-0.3, -0.25) is 14.5 Å². The topological polar surface area (TPSA) is 70.7 Å². The van der Waals surface area contributed by atoms with Crippen LogP contribution in [-0.4, -0.2) is 47.6 Å². The van der Waals surface area contributed by atoms with Crippen molar-refractivity contribution in [3.63, 3.8) is 0 Å². The lowest BCUT2D eigenvalue weighted by molar-refractivity contribution is -0.138. The zero-order valence-corrected chi connectivity index (χ0v) is 18.2. The number of benzene rings is 1. The van der Waals surface area contributed by atoms with Gasteiger partial charge in [-0.15, -0.1) is 0 Å². The van der Waals surface area contributed by atoms with Gasteiger partial charge < -0.3 is 15.4 Å². The highest BCUT2D eigenvalue weighted by Gasteiger charge is 2.43. The van der Waals surface area contributed by atoms with E-state index in [-0.39, 0.29) is 29.7 Å². The SMILES string of the molecule is CCOCCCNC(=O)C1CCC2C(=O)N(Cc3ccc(Cl)cc3)C(=S)NC2C1.